The van der Waals surface area contributed by atoms with Crippen LogP contribution in [0, 0.1) is 0 Å². The van der Waals surface area contributed by atoms with Crippen LogP contribution in [0.2, 0.25) is 0 Å². The molecule has 0 aromatic carbocycles. The van der Waals surface area contributed by atoms with Crippen LogP contribution in [-0.2, 0) is 11.3 Å². The summed E-state index contributed by atoms with van der Waals surface area (Å²) in [5, 5.41) is 13.3. The van der Waals surface area contributed by atoms with Crippen molar-refractivity contribution in [3.63, 3.8) is 0 Å². The summed E-state index contributed by atoms with van der Waals surface area (Å²) in [5.74, 6) is 0.106. The first-order valence-electron chi connectivity index (χ1n) is 6.10. The van der Waals surface area contributed by atoms with Gasteiger partial charge < -0.3 is 10.0 Å². The van der Waals surface area contributed by atoms with Crippen molar-refractivity contribution in [3.8, 4) is 0 Å². The van der Waals surface area contributed by atoms with Gasteiger partial charge in [0.1, 0.15) is 0 Å². The molecule has 0 saturated carbocycles. The van der Waals surface area contributed by atoms with Gasteiger partial charge in [0.2, 0.25) is 5.91 Å². The van der Waals surface area contributed by atoms with Gasteiger partial charge in [0.05, 0.1) is 12.6 Å². The molecule has 1 amide bonds. The van der Waals surface area contributed by atoms with E-state index in [2.05, 4.69) is 5.38 Å². The SMILES string of the molecule is CC(O)CCN(C)CC(=O)N(C)Cc1ccsc1. The topological polar surface area (TPSA) is 43.8 Å². The number of carbonyl (C=O) groups is 1. The van der Waals surface area contributed by atoms with Crippen LogP contribution in [0.3, 0.4) is 0 Å². The molecule has 18 heavy (non-hydrogen) atoms. The second-order valence-corrected chi connectivity index (χ2v) is 5.54. The first kappa shape index (κ1) is 15.1. The maximum Gasteiger partial charge on any atom is 0.236 e. The van der Waals surface area contributed by atoms with Gasteiger partial charge in [-0.2, -0.15) is 11.3 Å². The molecule has 0 saturated heterocycles. The molecule has 0 aliphatic carbocycles. The molecule has 0 radical (unpaired) electrons. The zero-order valence-corrected chi connectivity index (χ0v) is 12.1. The average molecular weight is 270 g/mol. The van der Waals surface area contributed by atoms with Gasteiger partial charge in [-0.25, -0.2) is 0 Å². The first-order valence-corrected chi connectivity index (χ1v) is 7.05. The standard InChI is InChI=1S/C13H22N2O2S/c1-11(16)4-6-14(2)9-13(17)15(3)8-12-5-7-18-10-12/h5,7,10-11,16H,4,6,8-9H2,1-3H3. The molecule has 0 aliphatic heterocycles. The molecule has 5 heteroatoms. The Labute approximate surface area is 113 Å². The highest BCUT2D eigenvalue weighted by molar-refractivity contribution is 7.07. The fourth-order valence-electron chi connectivity index (χ4n) is 1.58. The van der Waals surface area contributed by atoms with Crippen molar-refractivity contribution in [3.05, 3.63) is 22.4 Å². The Hall–Kier alpha value is -0.910. The summed E-state index contributed by atoms with van der Waals surface area (Å²) in [6, 6.07) is 2.03. The largest absolute Gasteiger partial charge is 0.393 e. The third-order valence-electron chi connectivity index (χ3n) is 2.76. The summed E-state index contributed by atoms with van der Waals surface area (Å²) in [4.78, 5) is 15.6. The number of nitrogens with zero attached hydrogens (tertiary/aromatic N) is 2. The summed E-state index contributed by atoms with van der Waals surface area (Å²) in [5.41, 5.74) is 1.17. The van der Waals surface area contributed by atoms with Gasteiger partial charge in [0.15, 0.2) is 0 Å². The molecule has 0 spiro atoms. The molecule has 1 unspecified atom stereocenters. The third-order valence-corrected chi connectivity index (χ3v) is 3.49. The number of aliphatic hydroxyl groups is 1. The van der Waals surface area contributed by atoms with Gasteiger partial charge in [0.25, 0.3) is 0 Å². The second kappa shape index (κ2) is 7.51. The van der Waals surface area contributed by atoms with Crippen LogP contribution in [-0.4, -0.2) is 54.1 Å². The van der Waals surface area contributed by atoms with Crippen molar-refractivity contribution >= 4 is 17.2 Å². The van der Waals surface area contributed by atoms with Crippen molar-refractivity contribution in [2.45, 2.75) is 26.0 Å². The normalized spacial score (nSPS) is 12.7. The van der Waals surface area contributed by atoms with E-state index in [1.807, 2.05) is 30.4 Å². The molecule has 1 aromatic rings. The van der Waals surface area contributed by atoms with E-state index in [0.29, 0.717) is 19.5 Å². The van der Waals surface area contributed by atoms with Crippen molar-refractivity contribution in [2.75, 3.05) is 27.2 Å². The highest BCUT2D eigenvalue weighted by Crippen LogP contribution is 2.08. The third kappa shape index (κ3) is 5.62. The predicted molar refractivity (Wildman–Crippen MR) is 74.6 cm³/mol. The average Bonchev–Trinajstić information content (AvgIpc) is 2.79. The molecule has 1 rings (SSSR count). The van der Waals surface area contributed by atoms with Gasteiger partial charge in [0, 0.05) is 20.1 Å². The van der Waals surface area contributed by atoms with E-state index < -0.39 is 0 Å². The number of hydrogen-bond donors (Lipinski definition) is 1. The molecule has 4 nitrogen and oxygen atoms in total. The molecule has 0 fully saturated rings. The lowest BCUT2D eigenvalue weighted by molar-refractivity contribution is -0.131. The molecule has 0 bridgehead atoms. The van der Waals surface area contributed by atoms with Crippen LogP contribution in [0.15, 0.2) is 16.8 Å². The van der Waals surface area contributed by atoms with Gasteiger partial charge in [-0.05, 0) is 42.8 Å². The highest BCUT2D eigenvalue weighted by Gasteiger charge is 2.12. The van der Waals surface area contributed by atoms with E-state index in [1.165, 1.54) is 5.56 Å². The maximum atomic E-state index is 11.9. The Morgan fingerprint density at radius 1 is 1.50 bits per heavy atom. The van der Waals surface area contributed by atoms with E-state index >= 15 is 0 Å². The van der Waals surface area contributed by atoms with E-state index in [1.54, 1.807) is 23.2 Å². The minimum atomic E-state index is -0.314. The van der Waals surface area contributed by atoms with Crippen LogP contribution in [0.4, 0.5) is 0 Å². The predicted octanol–water partition coefficient (Wildman–Crippen LogP) is 1.41. The van der Waals surface area contributed by atoms with Crippen molar-refractivity contribution in [1.29, 1.82) is 0 Å². The highest BCUT2D eigenvalue weighted by atomic mass is 32.1. The molecular weight excluding hydrogens is 248 g/mol. The smallest absolute Gasteiger partial charge is 0.236 e. The number of rotatable bonds is 7. The molecule has 1 atom stereocenters. The fourth-order valence-corrected chi connectivity index (χ4v) is 2.24. The Morgan fingerprint density at radius 3 is 2.78 bits per heavy atom. The monoisotopic (exact) mass is 270 g/mol. The Bertz CT molecular complexity index is 352. The van der Waals surface area contributed by atoms with Crippen LogP contribution < -0.4 is 0 Å². The van der Waals surface area contributed by atoms with E-state index in [9.17, 15) is 9.90 Å². The number of likely N-dealkylation sites (N-methyl/N-ethyl adjacent to an activating group) is 2. The molecular formula is C13H22N2O2S. The molecule has 1 N–H and O–H groups in total. The molecule has 0 aliphatic rings. The molecule has 1 aromatic heterocycles. The Balaban J connectivity index is 2.30. The van der Waals surface area contributed by atoms with Gasteiger partial charge >= 0.3 is 0 Å². The summed E-state index contributed by atoms with van der Waals surface area (Å²) in [6.45, 7) is 3.55. The van der Waals surface area contributed by atoms with Gasteiger partial charge in [-0.3, -0.25) is 9.69 Å². The quantitative estimate of drug-likeness (QED) is 0.814. The minimum absolute atomic E-state index is 0.106. The first-order chi connectivity index (χ1) is 8.49. The Kier molecular flexibility index (Phi) is 6.32. The number of amides is 1. The summed E-state index contributed by atoms with van der Waals surface area (Å²) in [6.07, 6.45) is 0.379. The number of aliphatic hydroxyl groups excluding tert-OH is 1. The molecule has 1 heterocycles. The van der Waals surface area contributed by atoms with E-state index in [0.717, 1.165) is 6.54 Å². The maximum absolute atomic E-state index is 11.9. The fraction of sp³-hybridized carbons (Fsp3) is 0.615. The number of carbonyl (C=O) groups excluding carboxylic acids is 1. The lowest BCUT2D eigenvalue weighted by Crippen LogP contribution is -2.37. The van der Waals surface area contributed by atoms with Crippen molar-refractivity contribution < 1.29 is 9.90 Å². The van der Waals surface area contributed by atoms with Crippen molar-refractivity contribution in [2.24, 2.45) is 0 Å². The summed E-state index contributed by atoms with van der Waals surface area (Å²) in [7, 11) is 3.72. The van der Waals surface area contributed by atoms with Crippen LogP contribution in [0.25, 0.3) is 0 Å². The summed E-state index contributed by atoms with van der Waals surface area (Å²) >= 11 is 1.64. The zero-order chi connectivity index (χ0) is 13.5. The van der Waals surface area contributed by atoms with E-state index in [4.69, 9.17) is 0 Å². The van der Waals surface area contributed by atoms with Crippen LogP contribution in [0.5, 0.6) is 0 Å². The van der Waals surface area contributed by atoms with Crippen LogP contribution in [0.1, 0.15) is 18.9 Å². The zero-order valence-electron chi connectivity index (χ0n) is 11.3. The second-order valence-electron chi connectivity index (χ2n) is 4.76. The van der Waals surface area contributed by atoms with E-state index in [-0.39, 0.29) is 12.0 Å². The Morgan fingerprint density at radius 2 is 2.22 bits per heavy atom. The lowest BCUT2D eigenvalue weighted by Gasteiger charge is -2.22. The minimum Gasteiger partial charge on any atom is -0.393 e. The number of hydrogen-bond acceptors (Lipinski definition) is 4. The van der Waals surface area contributed by atoms with Gasteiger partial charge in [-0.15, -0.1) is 0 Å². The van der Waals surface area contributed by atoms with Crippen LogP contribution >= 0.6 is 11.3 Å². The molecule has 102 valence electrons. The van der Waals surface area contributed by atoms with Gasteiger partial charge in [-0.1, -0.05) is 0 Å². The summed E-state index contributed by atoms with van der Waals surface area (Å²) < 4.78 is 0. The number of thiophene rings is 1. The van der Waals surface area contributed by atoms with Crippen molar-refractivity contribution in [1.82, 2.24) is 9.80 Å². The lowest BCUT2D eigenvalue weighted by atomic mass is 10.2.